The van der Waals surface area contributed by atoms with Crippen LogP contribution in [-0.4, -0.2) is 187 Å². The zero-order valence-corrected chi connectivity index (χ0v) is 28.5. The molecule has 0 spiro atoms. The summed E-state index contributed by atoms with van der Waals surface area (Å²) in [5.41, 5.74) is -2.27. The maximum atomic E-state index is 13.9. The van der Waals surface area contributed by atoms with Gasteiger partial charge in [-0.1, -0.05) is 12.2 Å². The highest BCUT2D eigenvalue weighted by Crippen LogP contribution is 2.48. The topological polar surface area (TPSA) is 331 Å². The van der Waals surface area contributed by atoms with E-state index >= 15 is 0 Å². The number of aliphatic hydroxyl groups excluding tert-OH is 10. The molecule has 2 saturated heterocycles. The van der Waals surface area contributed by atoms with Crippen molar-refractivity contribution in [1.29, 1.82) is 0 Å². The molecule has 18 atom stereocenters. The Labute approximate surface area is 306 Å². The fourth-order valence-electron chi connectivity index (χ4n) is 7.66. The average molecular weight is 777 g/mol. The first-order chi connectivity index (χ1) is 25.7. The minimum Gasteiger partial charge on any atom is -0.471 e. The standard InChI is InChI=1S/C33H44O21/c1-47-27(44)14-9-48-29(53-31-25(42)23(40)21(38)16(6-35)51-31)18-11(5-34)4-15(19(14)18)50-28(45)13-8-49-30(20-12(13)2-3-33(20,46)10-37)54-32-26(43)24(41)22(39)17(7-36)52-32/h2-4,8-9,12,15-26,29-32,34-43,46H,5-7,10H2,1H3/t12-,15-,16-,17+,18+,19-,20+,21-,22+,23+,24-,25-,26+,29-,30-,31+,32-,33-/m0/s1. The van der Waals surface area contributed by atoms with Crippen molar-refractivity contribution in [3.63, 3.8) is 0 Å². The lowest BCUT2D eigenvalue weighted by atomic mass is 9.79. The summed E-state index contributed by atoms with van der Waals surface area (Å²) in [6, 6.07) is 0. The van der Waals surface area contributed by atoms with Gasteiger partial charge in [-0.05, 0) is 11.6 Å². The van der Waals surface area contributed by atoms with Crippen molar-refractivity contribution in [3.8, 4) is 0 Å². The Morgan fingerprint density at radius 1 is 0.722 bits per heavy atom. The molecule has 0 amide bonds. The van der Waals surface area contributed by atoms with E-state index in [1.54, 1.807) is 0 Å². The lowest BCUT2D eigenvalue weighted by Gasteiger charge is -2.44. The second-order valence-electron chi connectivity index (χ2n) is 13.7. The molecule has 21 heteroatoms. The number of rotatable bonds is 11. The number of esters is 2. The summed E-state index contributed by atoms with van der Waals surface area (Å²) in [7, 11) is 1.09. The molecule has 6 aliphatic rings. The first-order valence-corrected chi connectivity index (χ1v) is 17.0. The number of carbonyl (C=O) groups excluding carboxylic acids is 2. The van der Waals surface area contributed by atoms with Gasteiger partial charge in [-0.15, -0.1) is 0 Å². The Bertz CT molecular complexity index is 1510. The van der Waals surface area contributed by atoms with E-state index < -0.39 is 148 Å². The number of aliphatic hydroxyl groups is 11. The maximum absolute atomic E-state index is 13.9. The van der Waals surface area contributed by atoms with E-state index in [2.05, 4.69) is 0 Å². The Hall–Kier alpha value is -3.10. The second-order valence-corrected chi connectivity index (χ2v) is 13.7. The van der Waals surface area contributed by atoms with Gasteiger partial charge in [-0.25, -0.2) is 9.59 Å². The van der Waals surface area contributed by atoms with E-state index in [9.17, 15) is 65.8 Å². The molecule has 6 rings (SSSR count). The molecule has 0 radical (unpaired) electrons. The predicted octanol–water partition coefficient (Wildman–Crippen LogP) is -6.13. The van der Waals surface area contributed by atoms with Gasteiger partial charge in [0, 0.05) is 11.8 Å². The minimum absolute atomic E-state index is 0.149. The average Bonchev–Trinajstić information content (AvgIpc) is 3.73. The van der Waals surface area contributed by atoms with Crippen LogP contribution >= 0.6 is 0 Å². The monoisotopic (exact) mass is 776 g/mol. The van der Waals surface area contributed by atoms with Crippen molar-refractivity contribution in [2.45, 2.75) is 85.7 Å². The number of hydrogen-bond donors (Lipinski definition) is 11. The highest BCUT2D eigenvalue weighted by molar-refractivity contribution is 5.91. The van der Waals surface area contributed by atoms with Crippen molar-refractivity contribution >= 4 is 11.9 Å². The maximum Gasteiger partial charge on any atom is 0.338 e. The van der Waals surface area contributed by atoms with Gasteiger partial charge in [-0.2, -0.15) is 0 Å². The molecule has 0 bridgehead atoms. The zero-order chi connectivity index (χ0) is 39.2. The fraction of sp³-hybridized carbons (Fsp3) is 0.697. The first-order valence-electron chi connectivity index (χ1n) is 17.0. The van der Waals surface area contributed by atoms with Gasteiger partial charge >= 0.3 is 11.9 Å². The number of hydrogen-bond acceptors (Lipinski definition) is 21. The fourth-order valence-corrected chi connectivity index (χ4v) is 7.66. The number of allylic oxidation sites excluding steroid dienone is 1. The molecule has 4 heterocycles. The zero-order valence-electron chi connectivity index (χ0n) is 28.5. The Balaban J connectivity index is 1.24. The van der Waals surface area contributed by atoms with Gasteiger partial charge in [0.1, 0.15) is 60.5 Å². The van der Waals surface area contributed by atoms with E-state index in [4.69, 9.17) is 37.9 Å². The molecule has 0 saturated carbocycles. The molecule has 0 unspecified atom stereocenters. The van der Waals surface area contributed by atoms with Crippen LogP contribution in [0.2, 0.25) is 0 Å². The van der Waals surface area contributed by atoms with Crippen molar-refractivity contribution in [3.05, 3.63) is 47.5 Å². The number of carbonyl (C=O) groups is 2. The number of methoxy groups -OCH3 is 1. The molecular formula is C33H44O21. The van der Waals surface area contributed by atoms with Gasteiger partial charge < -0.3 is 94.1 Å². The van der Waals surface area contributed by atoms with Crippen LogP contribution < -0.4 is 0 Å². The third kappa shape index (κ3) is 7.08. The van der Waals surface area contributed by atoms with Crippen molar-refractivity contribution in [2.75, 3.05) is 33.5 Å². The molecule has 2 fully saturated rings. The Morgan fingerprint density at radius 2 is 1.28 bits per heavy atom. The SMILES string of the molecule is COC(=O)C1=CO[C@@H](O[C@H]2O[C@@H](CO)[C@H](O)[C@@H](O)[C@@H]2O)[C@@H]2C(CO)=C[C@H](OC(=O)C3=CO[C@@H](O[C@@H]4O[C@H](CO)[C@@H](O)[C@H](O)[C@H]4O)[C@H]4[C@H]3C=C[C@]4(O)CO)[C@H]12. The highest BCUT2D eigenvalue weighted by Gasteiger charge is 2.57. The molecule has 54 heavy (non-hydrogen) atoms. The van der Waals surface area contributed by atoms with E-state index in [0.717, 1.165) is 19.6 Å². The van der Waals surface area contributed by atoms with Gasteiger partial charge in [0.05, 0.1) is 69.0 Å². The van der Waals surface area contributed by atoms with Crippen molar-refractivity contribution in [1.82, 2.24) is 0 Å². The Morgan fingerprint density at radius 3 is 1.81 bits per heavy atom. The molecule has 302 valence electrons. The van der Waals surface area contributed by atoms with E-state index in [-0.39, 0.29) is 16.7 Å². The number of fused-ring (bicyclic) bond motifs is 2. The summed E-state index contributed by atoms with van der Waals surface area (Å²) < 4.78 is 44.5. The molecule has 21 nitrogen and oxygen atoms in total. The molecule has 0 aromatic carbocycles. The van der Waals surface area contributed by atoms with Crippen LogP contribution in [0.15, 0.2) is 47.5 Å². The molecule has 2 aliphatic carbocycles. The third-order valence-corrected chi connectivity index (χ3v) is 10.6. The largest absolute Gasteiger partial charge is 0.471 e. The molecule has 11 N–H and O–H groups in total. The smallest absolute Gasteiger partial charge is 0.338 e. The normalized spacial score (nSPS) is 45.6. The Kier molecular flexibility index (Phi) is 12.1. The van der Waals surface area contributed by atoms with Crippen molar-refractivity contribution < 1.29 is 104 Å². The van der Waals surface area contributed by atoms with Crippen LogP contribution in [0.4, 0.5) is 0 Å². The first kappa shape index (κ1) is 40.6. The van der Waals surface area contributed by atoms with E-state index in [1.807, 2.05) is 0 Å². The third-order valence-electron chi connectivity index (χ3n) is 10.6. The number of ether oxygens (including phenoxy) is 8. The van der Waals surface area contributed by atoms with Crippen LogP contribution in [0.5, 0.6) is 0 Å². The summed E-state index contributed by atoms with van der Waals surface area (Å²) >= 11 is 0. The molecule has 4 aliphatic heterocycles. The molecule has 0 aromatic rings. The van der Waals surface area contributed by atoms with Gasteiger partial charge in [0.15, 0.2) is 12.6 Å². The second kappa shape index (κ2) is 16.2. The highest BCUT2D eigenvalue weighted by atomic mass is 16.8. The van der Waals surface area contributed by atoms with Crippen LogP contribution in [0.3, 0.4) is 0 Å². The van der Waals surface area contributed by atoms with Crippen LogP contribution in [-0.2, 0) is 47.5 Å². The summed E-state index contributed by atoms with van der Waals surface area (Å²) in [4.78, 5) is 26.9. The van der Waals surface area contributed by atoms with Gasteiger partial charge in [0.25, 0.3) is 0 Å². The van der Waals surface area contributed by atoms with Gasteiger partial charge in [-0.3, -0.25) is 0 Å². The van der Waals surface area contributed by atoms with Crippen molar-refractivity contribution in [2.24, 2.45) is 23.7 Å². The summed E-state index contributed by atoms with van der Waals surface area (Å²) in [6.07, 6.45) is -15.2. The van der Waals surface area contributed by atoms with E-state index in [1.165, 1.54) is 18.2 Å². The van der Waals surface area contributed by atoms with Gasteiger partial charge in [0.2, 0.25) is 12.6 Å². The van der Waals surface area contributed by atoms with Crippen LogP contribution in [0.25, 0.3) is 0 Å². The minimum atomic E-state index is -2.07. The molecular weight excluding hydrogens is 732 g/mol. The predicted molar refractivity (Wildman–Crippen MR) is 168 cm³/mol. The lowest BCUT2D eigenvalue weighted by molar-refractivity contribution is -0.346. The summed E-state index contributed by atoms with van der Waals surface area (Å²) in [6.45, 7) is -3.05. The molecule has 0 aromatic heterocycles. The lowest BCUT2D eigenvalue weighted by Crippen LogP contribution is -2.61. The summed E-state index contributed by atoms with van der Waals surface area (Å²) in [5, 5.41) is 113. The van der Waals surface area contributed by atoms with E-state index in [0.29, 0.717) is 0 Å². The summed E-state index contributed by atoms with van der Waals surface area (Å²) in [5.74, 6) is -6.58. The van der Waals surface area contributed by atoms with Crippen LogP contribution in [0, 0.1) is 23.7 Å². The van der Waals surface area contributed by atoms with Crippen LogP contribution in [0.1, 0.15) is 0 Å². The quantitative estimate of drug-likeness (QED) is 0.0687.